The predicted octanol–water partition coefficient (Wildman–Crippen LogP) is 3.20. The van der Waals surface area contributed by atoms with Gasteiger partial charge in [-0.3, -0.25) is 0 Å². The molecule has 0 radical (unpaired) electrons. The minimum absolute atomic E-state index is 0.194. The molecule has 0 unspecified atom stereocenters. The quantitative estimate of drug-likeness (QED) is 0.640. The molecule has 126 valence electrons. The van der Waals surface area contributed by atoms with Crippen LogP contribution in [0.4, 0.5) is 4.79 Å². The zero-order chi connectivity index (χ0) is 16.9. The van der Waals surface area contributed by atoms with Crippen molar-refractivity contribution in [3.8, 4) is 0 Å². The second kappa shape index (κ2) is 7.46. The van der Waals surface area contributed by atoms with Crippen LogP contribution in [-0.2, 0) is 6.54 Å². The van der Waals surface area contributed by atoms with Crippen LogP contribution in [0.1, 0.15) is 30.2 Å². The number of hydrogen-bond acceptors (Lipinski definition) is 5. The number of hydrogen-bond donors (Lipinski definition) is 3. The molecule has 1 aromatic carbocycles. The van der Waals surface area contributed by atoms with Crippen LogP contribution in [0, 0.1) is 0 Å². The summed E-state index contributed by atoms with van der Waals surface area (Å²) < 4.78 is 6.25. The fraction of sp³-hybridized carbons (Fsp3) is 0.294. The molecule has 2 atom stereocenters. The molecule has 2 aromatic heterocycles. The van der Waals surface area contributed by atoms with Gasteiger partial charge in [-0.25, -0.2) is 9.78 Å². The monoisotopic (exact) mass is 345 g/mol. The molecule has 0 bridgehead atoms. The fourth-order valence-corrected chi connectivity index (χ4v) is 3.32. The smallest absolute Gasteiger partial charge is 0.315 e. The molecule has 0 saturated heterocycles. The Hall–Kier alpha value is -2.38. The number of aromatic nitrogens is 1. The van der Waals surface area contributed by atoms with Crippen molar-refractivity contribution in [1.29, 1.82) is 0 Å². The van der Waals surface area contributed by atoms with Crippen LogP contribution >= 0.6 is 11.3 Å². The minimum Gasteiger partial charge on any atom is -0.467 e. The van der Waals surface area contributed by atoms with Crippen LogP contribution in [0.15, 0.2) is 47.1 Å². The van der Waals surface area contributed by atoms with Crippen LogP contribution in [0.5, 0.6) is 0 Å². The first-order valence-electron chi connectivity index (χ1n) is 7.72. The third-order valence-corrected chi connectivity index (χ3v) is 4.60. The average molecular weight is 345 g/mol. The first-order valence-corrected chi connectivity index (χ1v) is 8.54. The summed E-state index contributed by atoms with van der Waals surface area (Å²) in [6, 6.07) is 10.8. The lowest BCUT2D eigenvalue weighted by atomic mass is 10.1. The van der Waals surface area contributed by atoms with Crippen LogP contribution in [-0.4, -0.2) is 22.2 Å². The van der Waals surface area contributed by atoms with E-state index in [1.165, 1.54) is 6.26 Å². The number of fused-ring (bicyclic) bond motifs is 1. The Kier molecular flexibility index (Phi) is 5.12. The molecule has 7 heteroatoms. The largest absolute Gasteiger partial charge is 0.467 e. The molecular weight excluding hydrogens is 326 g/mol. The van der Waals surface area contributed by atoms with E-state index in [1.807, 2.05) is 31.2 Å². The van der Waals surface area contributed by atoms with Gasteiger partial charge in [0.2, 0.25) is 0 Å². The molecule has 24 heavy (non-hydrogen) atoms. The number of rotatable bonds is 6. The van der Waals surface area contributed by atoms with E-state index in [0.717, 1.165) is 15.2 Å². The normalized spacial score (nSPS) is 13.6. The molecular formula is C17H19N3O3S. The Morgan fingerprint density at radius 2 is 2.17 bits per heavy atom. The number of benzene rings is 1. The van der Waals surface area contributed by atoms with Crippen molar-refractivity contribution in [2.24, 2.45) is 0 Å². The molecule has 3 aromatic rings. The van der Waals surface area contributed by atoms with Crippen molar-refractivity contribution in [2.75, 3.05) is 0 Å². The number of urea groups is 1. The van der Waals surface area contributed by atoms with E-state index < -0.39 is 6.10 Å². The molecule has 0 aliphatic heterocycles. The second-order valence-electron chi connectivity index (χ2n) is 5.57. The summed E-state index contributed by atoms with van der Waals surface area (Å²) >= 11 is 1.56. The summed E-state index contributed by atoms with van der Waals surface area (Å²) in [5, 5.41) is 16.5. The standard InChI is InChI=1S/C17H19N3O3S/c1-11(9-13(21)14-6-4-8-23-14)19-17(22)18-10-16-20-12-5-2-3-7-15(12)24-16/h2-8,11,13,21H,9-10H2,1H3,(H2,18,19,22)/t11-,13+/m0/s1. The highest BCUT2D eigenvalue weighted by molar-refractivity contribution is 7.18. The van der Waals surface area contributed by atoms with Crippen molar-refractivity contribution >= 4 is 27.6 Å². The van der Waals surface area contributed by atoms with Gasteiger partial charge in [0.15, 0.2) is 0 Å². The summed E-state index contributed by atoms with van der Waals surface area (Å²) in [5.41, 5.74) is 0.939. The summed E-state index contributed by atoms with van der Waals surface area (Å²) in [6.45, 7) is 2.21. The molecule has 0 saturated carbocycles. The van der Waals surface area contributed by atoms with Gasteiger partial charge in [-0.05, 0) is 31.2 Å². The highest BCUT2D eigenvalue weighted by Crippen LogP contribution is 2.21. The summed E-state index contributed by atoms with van der Waals surface area (Å²) in [6.07, 6.45) is 1.16. The number of carbonyl (C=O) groups excluding carboxylic acids is 1. The lowest BCUT2D eigenvalue weighted by Gasteiger charge is -2.16. The zero-order valence-electron chi connectivity index (χ0n) is 13.2. The van der Waals surface area contributed by atoms with Gasteiger partial charge in [0.1, 0.15) is 16.9 Å². The third kappa shape index (κ3) is 4.12. The Morgan fingerprint density at radius 1 is 1.33 bits per heavy atom. The van der Waals surface area contributed by atoms with E-state index in [9.17, 15) is 9.90 Å². The van der Waals surface area contributed by atoms with Crippen LogP contribution in [0.25, 0.3) is 10.2 Å². The van der Waals surface area contributed by atoms with Crippen molar-refractivity contribution in [2.45, 2.75) is 32.0 Å². The Balaban J connectivity index is 1.46. The summed E-state index contributed by atoms with van der Waals surface area (Å²) in [5.74, 6) is 0.499. The third-order valence-electron chi connectivity index (χ3n) is 3.56. The van der Waals surface area contributed by atoms with Gasteiger partial charge in [0.25, 0.3) is 0 Å². The van der Waals surface area contributed by atoms with Gasteiger partial charge in [0.05, 0.1) is 23.0 Å². The highest BCUT2D eigenvalue weighted by atomic mass is 32.1. The van der Waals surface area contributed by atoms with E-state index in [2.05, 4.69) is 15.6 Å². The summed E-state index contributed by atoms with van der Waals surface area (Å²) in [4.78, 5) is 16.4. The number of aliphatic hydroxyl groups is 1. The number of nitrogens with zero attached hydrogens (tertiary/aromatic N) is 1. The van der Waals surface area contributed by atoms with Crippen LogP contribution < -0.4 is 10.6 Å². The molecule has 0 spiro atoms. The van der Waals surface area contributed by atoms with Gasteiger partial charge < -0.3 is 20.2 Å². The molecule has 3 rings (SSSR count). The van der Waals surface area contributed by atoms with Crippen LogP contribution in [0.3, 0.4) is 0 Å². The summed E-state index contributed by atoms with van der Waals surface area (Å²) in [7, 11) is 0. The highest BCUT2D eigenvalue weighted by Gasteiger charge is 2.16. The first kappa shape index (κ1) is 16.5. The average Bonchev–Trinajstić information content (AvgIpc) is 3.21. The van der Waals surface area contributed by atoms with Crippen LogP contribution in [0.2, 0.25) is 0 Å². The lowest BCUT2D eigenvalue weighted by Crippen LogP contribution is -2.41. The number of carbonyl (C=O) groups is 1. The van der Waals surface area contributed by atoms with Crippen molar-refractivity contribution in [1.82, 2.24) is 15.6 Å². The Morgan fingerprint density at radius 3 is 2.92 bits per heavy atom. The predicted molar refractivity (Wildman–Crippen MR) is 92.7 cm³/mol. The minimum atomic E-state index is -0.737. The lowest BCUT2D eigenvalue weighted by molar-refractivity contribution is 0.129. The zero-order valence-corrected chi connectivity index (χ0v) is 14.0. The van der Waals surface area contributed by atoms with E-state index in [0.29, 0.717) is 18.7 Å². The van der Waals surface area contributed by atoms with Gasteiger partial charge in [0, 0.05) is 12.5 Å². The Labute approximate surface area is 143 Å². The number of nitrogens with one attached hydrogen (secondary N) is 2. The maximum atomic E-state index is 12.0. The molecule has 3 N–H and O–H groups in total. The SMILES string of the molecule is C[C@@H](C[C@@H](O)c1ccco1)NC(=O)NCc1nc2ccccc2s1. The maximum absolute atomic E-state index is 12.0. The van der Waals surface area contributed by atoms with Gasteiger partial charge in [-0.15, -0.1) is 11.3 Å². The van der Waals surface area contributed by atoms with Crippen molar-refractivity contribution < 1.29 is 14.3 Å². The molecule has 6 nitrogen and oxygen atoms in total. The van der Waals surface area contributed by atoms with Gasteiger partial charge in [-0.1, -0.05) is 12.1 Å². The topological polar surface area (TPSA) is 87.4 Å². The number of thiazole rings is 1. The number of amides is 2. The molecule has 0 fully saturated rings. The number of aliphatic hydroxyl groups excluding tert-OH is 1. The van der Waals surface area contributed by atoms with E-state index >= 15 is 0 Å². The molecule has 0 aliphatic carbocycles. The van der Waals surface area contributed by atoms with E-state index in [-0.39, 0.29) is 12.1 Å². The van der Waals surface area contributed by atoms with Gasteiger partial charge >= 0.3 is 6.03 Å². The number of para-hydroxylation sites is 1. The van der Waals surface area contributed by atoms with Crippen molar-refractivity contribution in [3.05, 3.63) is 53.4 Å². The first-order chi connectivity index (χ1) is 11.6. The van der Waals surface area contributed by atoms with E-state index in [4.69, 9.17) is 4.42 Å². The molecule has 0 aliphatic rings. The molecule has 2 amide bonds. The van der Waals surface area contributed by atoms with Crippen molar-refractivity contribution in [3.63, 3.8) is 0 Å². The number of furan rings is 1. The van der Waals surface area contributed by atoms with Gasteiger partial charge in [-0.2, -0.15) is 0 Å². The second-order valence-corrected chi connectivity index (χ2v) is 6.69. The van der Waals surface area contributed by atoms with E-state index in [1.54, 1.807) is 23.5 Å². The maximum Gasteiger partial charge on any atom is 0.315 e. The fourth-order valence-electron chi connectivity index (χ4n) is 2.42. The molecule has 2 heterocycles. The Bertz CT molecular complexity index is 767.